The van der Waals surface area contributed by atoms with Gasteiger partial charge in [-0.2, -0.15) is 0 Å². The second-order valence-electron chi connectivity index (χ2n) is 4.10. The maximum atomic E-state index is 11.0. The normalized spacial score (nSPS) is 10.2. The minimum Gasteiger partial charge on any atom is -0.478 e. The largest absolute Gasteiger partial charge is 0.478 e. The molecule has 0 aliphatic heterocycles. The van der Waals surface area contributed by atoms with Crippen LogP contribution < -0.4 is 11.1 Å². The number of aryl methyl sites for hydroxylation is 1. The predicted molar refractivity (Wildman–Crippen MR) is 74.7 cm³/mol. The number of hydrogen-bond acceptors (Lipinski definition) is 4. The molecule has 0 aliphatic carbocycles. The van der Waals surface area contributed by atoms with Gasteiger partial charge in [0, 0.05) is 11.9 Å². The molecular formula is C14H15N3O2. The first-order valence-corrected chi connectivity index (χ1v) is 5.95. The Morgan fingerprint density at radius 2 is 2.00 bits per heavy atom. The number of hydrogen-bond donors (Lipinski definition) is 3. The van der Waals surface area contributed by atoms with Gasteiger partial charge in [0.1, 0.15) is 0 Å². The van der Waals surface area contributed by atoms with Crippen LogP contribution in [-0.4, -0.2) is 16.1 Å². The van der Waals surface area contributed by atoms with Crippen molar-refractivity contribution in [2.75, 3.05) is 11.1 Å². The molecule has 5 heteroatoms. The van der Waals surface area contributed by atoms with Crippen LogP contribution in [0.15, 0.2) is 36.5 Å². The quantitative estimate of drug-likeness (QED) is 0.783. The van der Waals surface area contributed by atoms with Crippen LogP contribution in [0.2, 0.25) is 0 Å². The highest BCUT2D eigenvalue weighted by Crippen LogP contribution is 2.24. The fourth-order valence-corrected chi connectivity index (χ4v) is 1.72. The Labute approximate surface area is 111 Å². The molecule has 0 unspecified atom stereocenters. The van der Waals surface area contributed by atoms with Crippen molar-refractivity contribution in [3.8, 4) is 0 Å². The molecular weight excluding hydrogens is 242 g/mol. The fraction of sp³-hybridized carbons (Fsp3) is 0.143. The average Bonchev–Trinajstić information content (AvgIpc) is 2.41. The molecule has 0 atom stereocenters. The van der Waals surface area contributed by atoms with Crippen molar-refractivity contribution in [3.05, 3.63) is 47.7 Å². The van der Waals surface area contributed by atoms with E-state index in [-0.39, 0.29) is 11.3 Å². The maximum absolute atomic E-state index is 11.0. The molecule has 0 aliphatic rings. The molecule has 1 heterocycles. The van der Waals surface area contributed by atoms with E-state index in [9.17, 15) is 4.79 Å². The molecule has 1 aromatic carbocycles. The summed E-state index contributed by atoms with van der Waals surface area (Å²) in [5, 5.41) is 12.0. The van der Waals surface area contributed by atoms with E-state index in [4.69, 9.17) is 10.8 Å². The number of nitrogens with one attached hydrogen (secondary N) is 1. The van der Waals surface area contributed by atoms with Crippen LogP contribution in [0.4, 0.5) is 17.2 Å². The third-order valence-corrected chi connectivity index (χ3v) is 2.85. The van der Waals surface area contributed by atoms with E-state index >= 15 is 0 Å². The lowest BCUT2D eigenvalue weighted by Crippen LogP contribution is -2.07. The highest BCUT2D eigenvalue weighted by Gasteiger charge is 2.12. The number of carbonyl (C=O) groups is 1. The number of pyridine rings is 1. The predicted octanol–water partition coefficient (Wildman–Crippen LogP) is 2.67. The fourth-order valence-electron chi connectivity index (χ4n) is 1.72. The summed E-state index contributed by atoms with van der Waals surface area (Å²) in [5.74, 6) is -0.714. The first kappa shape index (κ1) is 12.9. The molecule has 2 aromatic rings. The van der Waals surface area contributed by atoms with Crippen molar-refractivity contribution in [2.24, 2.45) is 0 Å². The lowest BCUT2D eigenvalue weighted by molar-refractivity contribution is 0.0698. The standard InChI is InChI=1S/C14H15N3O2/c1-2-9-3-5-10(6-4-9)17-13-12(15)11(14(18)19)7-8-16-13/h3-8H,2,15H2,1H3,(H,16,17)(H,18,19). The maximum Gasteiger partial charge on any atom is 0.337 e. The van der Waals surface area contributed by atoms with Gasteiger partial charge in [-0.05, 0) is 30.2 Å². The first-order chi connectivity index (χ1) is 9.11. The number of benzene rings is 1. The van der Waals surface area contributed by atoms with Crippen LogP contribution in [0, 0.1) is 0 Å². The van der Waals surface area contributed by atoms with Gasteiger partial charge in [0.25, 0.3) is 0 Å². The summed E-state index contributed by atoms with van der Waals surface area (Å²) in [6.45, 7) is 2.08. The Hall–Kier alpha value is -2.56. The summed E-state index contributed by atoms with van der Waals surface area (Å²) in [6.07, 6.45) is 2.39. The van der Waals surface area contributed by atoms with E-state index in [0.717, 1.165) is 12.1 Å². The number of aromatic carboxylic acids is 1. The highest BCUT2D eigenvalue weighted by molar-refractivity contribution is 5.96. The Bertz CT molecular complexity index is 594. The molecule has 0 spiro atoms. The highest BCUT2D eigenvalue weighted by atomic mass is 16.4. The van der Waals surface area contributed by atoms with Gasteiger partial charge in [-0.1, -0.05) is 19.1 Å². The number of carboxylic acids is 1. The topological polar surface area (TPSA) is 88.2 Å². The van der Waals surface area contributed by atoms with Gasteiger partial charge in [-0.3, -0.25) is 0 Å². The van der Waals surface area contributed by atoms with Gasteiger partial charge >= 0.3 is 5.97 Å². The van der Waals surface area contributed by atoms with Crippen LogP contribution in [0.1, 0.15) is 22.8 Å². The zero-order chi connectivity index (χ0) is 13.8. The summed E-state index contributed by atoms with van der Waals surface area (Å²) in [4.78, 5) is 15.0. The van der Waals surface area contributed by atoms with Crippen molar-refractivity contribution in [3.63, 3.8) is 0 Å². The van der Waals surface area contributed by atoms with Crippen molar-refractivity contribution in [1.29, 1.82) is 0 Å². The molecule has 0 fully saturated rings. The van der Waals surface area contributed by atoms with Gasteiger partial charge in [0.2, 0.25) is 0 Å². The number of anilines is 3. The third kappa shape index (κ3) is 2.82. The SMILES string of the molecule is CCc1ccc(Nc2nccc(C(=O)O)c2N)cc1. The lowest BCUT2D eigenvalue weighted by Gasteiger charge is -2.10. The van der Waals surface area contributed by atoms with Crippen molar-refractivity contribution in [1.82, 2.24) is 4.98 Å². The van der Waals surface area contributed by atoms with Crippen LogP contribution in [0.3, 0.4) is 0 Å². The molecule has 5 nitrogen and oxygen atoms in total. The van der Waals surface area contributed by atoms with Crippen molar-refractivity contribution >= 4 is 23.2 Å². The summed E-state index contributed by atoms with van der Waals surface area (Å²) < 4.78 is 0. The summed E-state index contributed by atoms with van der Waals surface area (Å²) in [5.41, 5.74) is 8.01. The third-order valence-electron chi connectivity index (χ3n) is 2.85. The van der Waals surface area contributed by atoms with E-state index < -0.39 is 5.97 Å². The molecule has 4 N–H and O–H groups in total. The molecule has 0 radical (unpaired) electrons. The van der Waals surface area contributed by atoms with Crippen molar-refractivity contribution < 1.29 is 9.90 Å². The minimum absolute atomic E-state index is 0.0441. The Kier molecular flexibility index (Phi) is 3.66. The number of nitrogen functional groups attached to an aromatic ring is 1. The Morgan fingerprint density at radius 3 is 2.58 bits per heavy atom. The van der Waals surface area contributed by atoms with Crippen molar-refractivity contribution in [2.45, 2.75) is 13.3 Å². The number of nitrogens with two attached hydrogens (primary N) is 1. The number of aromatic nitrogens is 1. The molecule has 0 bridgehead atoms. The van der Waals surface area contributed by atoms with Gasteiger partial charge in [0.15, 0.2) is 5.82 Å². The molecule has 0 amide bonds. The molecule has 98 valence electrons. The lowest BCUT2D eigenvalue weighted by atomic mass is 10.1. The molecule has 1 aromatic heterocycles. The number of rotatable bonds is 4. The zero-order valence-corrected chi connectivity index (χ0v) is 10.6. The van der Waals surface area contributed by atoms with Crippen LogP contribution in [-0.2, 0) is 6.42 Å². The number of nitrogens with zero attached hydrogens (tertiary/aromatic N) is 1. The molecule has 0 saturated heterocycles. The minimum atomic E-state index is -1.07. The van der Waals surface area contributed by atoms with Gasteiger partial charge in [-0.15, -0.1) is 0 Å². The van der Waals surface area contributed by atoms with Gasteiger partial charge < -0.3 is 16.2 Å². The van der Waals surface area contributed by atoms with Gasteiger partial charge in [-0.25, -0.2) is 9.78 Å². The number of carboxylic acid groups (broad SMARTS) is 1. The second kappa shape index (κ2) is 5.39. The summed E-state index contributed by atoms with van der Waals surface area (Å²) in [6, 6.07) is 9.20. The molecule has 19 heavy (non-hydrogen) atoms. The monoisotopic (exact) mass is 257 g/mol. The van der Waals surface area contributed by atoms with E-state index in [1.54, 1.807) is 0 Å². The molecule has 0 saturated carbocycles. The van der Waals surface area contributed by atoms with Crippen LogP contribution in [0.25, 0.3) is 0 Å². The van der Waals surface area contributed by atoms with Crippen LogP contribution >= 0.6 is 0 Å². The molecule has 2 rings (SSSR count). The second-order valence-corrected chi connectivity index (χ2v) is 4.10. The zero-order valence-electron chi connectivity index (χ0n) is 10.6. The van der Waals surface area contributed by atoms with E-state index in [1.165, 1.54) is 17.8 Å². The van der Waals surface area contributed by atoms with E-state index in [1.807, 2.05) is 24.3 Å². The van der Waals surface area contributed by atoms with Crippen LogP contribution in [0.5, 0.6) is 0 Å². The average molecular weight is 257 g/mol. The van der Waals surface area contributed by atoms with E-state index in [2.05, 4.69) is 17.2 Å². The first-order valence-electron chi connectivity index (χ1n) is 5.95. The summed E-state index contributed by atoms with van der Waals surface area (Å²) in [7, 11) is 0. The van der Waals surface area contributed by atoms with Gasteiger partial charge in [0.05, 0.1) is 11.3 Å². The Balaban J connectivity index is 2.27. The summed E-state index contributed by atoms with van der Waals surface area (Å²) >= 11 is 0. The Morgan fingerprint density at radius 1 is 1.32 bits per heavy atom. The smallest absolute Gasteiger partial charge is 0.337 e. The van der Waals surface area contributed by atoms with E-state index in [0.29, 0.717) is 5.82 Å².